The van der Waals surface area contributed by atoms with E-state index in [1.807, 2.05) is 14.0 Å². The second-order valence-electron chi connectivity index (χ2n) is 5.27. The number of hydrogen-bond acceptors (Lipinski definition) is 4. The van der Waals surface area contributed by atoms with Gasteiger partial charge in [0.2, 0.25) is 10.0 Å². The Balaban J connectivity index is 1.84. The molecule has 1 atom stereocenters. The standard InChI is InChI=1S/C11H23N3O2S/c1-10-9-13(2)6-7-14(10)17(15,16)8-5-12-11-3-4-11/h10-12H,3-9H2,1-2H3. The molecule has 1 saturated carbocycles. The molecule has 2 aliphatic rings. The second kappa shape index (κ2) is 5.22. The average Bonchev–Trinajstić information content (AvgIpc) is 3.00. The summed E-state index contributed by atoms with van der Waals surface area (Å²) in [6.45, 7) is 4.87. The van der Waals surface area contributed by atoms with E-state index < -0.39 is 10.0 Å². The second-order valence-corrected chi connectivity index (χ2v) is 7.31. The van der Waals surface area contributed by atoms with E-state index in [4.69, 9.17) is 0 Å². The first-order valence-corrected chi connectivity index (χ1v) is 8.01. The Morgan fingerprint density at radius 2 is 2.00 bits per heavy atom. The van der Waals surface area contributed by atoms with Gasteiger partial charge in [-0.05, 0) is 26.8 Å². The molecule has 1 heterocycles. The summed E-state index contributed by atoms with van der Waals surface area (Å²) < 4.78 is 26.0. The van der Waals surface area contributed by atoms with Crippen LogP contribution in [0.5, 0.6) is 0 Å². The molecule has 0 amide bonds. The predicted molar refractivity (Wildman–Crippen MR) is 68.5 cm³/mol. The monoisotopic (exact) mass is 261 g/mol. The molecule has 0 aromatic rings. The first kappa shape index (κ1) is 13.3. The van der Waals surface area contributed by atoms with Crippen LogP contribution < -0.4 is 5.32 Å². The van der Waals surface area contributed by atoms with Gasteiger partial charge in [0.15, 0.2) is 0 Å². The van der Waals surface area contributed by atoms with Crippen molar-refractivity contribution in [2.24, 2.45) is 0 Å². The molecule has 0 radical (unpaired) electrons. The predicted octanol–water partition coefficient (Wildman–Crippen LogP) is -0.296. The summed E-state index contributed by atoms with van der Waals surface area (Å²) in [5.41, 5.74) is 0. The Labute approximate surface area is 104 Å². The molecule has 17 heavy (non-hydrogen) atoms. The highest BCUT2D eigenvalue weighted by atomic mass is 32.2. The molecular weight excluding hydrogens is 238 g/mol. The van der Waals surface area contributed by atoms with Gasteiger partial charge in [0.1, 0.15) is 0 Å². The minimum absolute atomic E-state index is 0.0969. The maximum absolute atomic E-state index is 12.2. The first-order valence-electron chi connectivity index (χ1n) is 6.40. The Morgan fingerprint density at radius 3 is 2.59 bits per heavy atom. The lowest BCUT2D eigenvalue weighted by molar-refractivity contribution is 0.170. The van der Waals surface area contributed by atoms with Crippen molar-refractivity contribution in [2.45, 2.75) is 31.8 Å². The van der Waals surface area contributed by atoms with Gasteiger partial charge in [0.25, 0.3) is 0 Å². The van der Waals surface area contributed by atoms with Crippen LogP contribution in [0.25, 0.3) is 0 Å². The van der Waals surface area contributed by atoms with Crippen LogP contribution >= 0.6 is 0 Å². The van der Waals surface area contributed by atoms with Gasteiger partial charge in [-0.2, -0.15) is 4.31 Å². The highest BCUT2D eigenvalue weighted by Crippen LogP contribution is 2.18. The van der Waals surface area contributed by atoms with Gasteiger partial charge in [0.05, 0.1) is 5.75 Å². The zero-order valence-corrected chi connectivity index (χ0v) is 11.5. The fraction of sp³-hybridized carbons (Fsp3) is 1.00. The van der Waals surface area contributed by atoms with Crippen molar-refractivity contribution in [3.05, 3.63) is 0 Å². The van der Waals surface area contributed by atoms with Crippen LogP contribution in [0.2, 0.25) is 0 Å². The largest absolute Gasteiger partial charge is 0.313 e. The summed E-state index contributed by atoms with van der Waals surface area (Å²) in [6.07, 6.45) is 2.40. The van der Waals surface area contributed by atoms with Gasteiger partial charge >= 0.3 is 0 Å². The van der Waals surface area contributed by atoms with Crippen molar-refractivity contribution in [2.75, 3.05) is 39.0 Å². The maximum Gasteiger partial charge on any atom is 0.215 e. The molecule has 1 aliphatic carbocycles. The van der Waals surface area contributed by atoms with E-state index in [1.54, 1.807) is 4.31 Å². The molecule has 100 valence electrons. The number of piperazine rings is 1. The zero-order valence-electron chi connectivity index (χ0n) is 10.7. The minimum atomic E-state index is -3.08. The normalized spacial score (nSPS) is 28.5. The SMILES string of the molecule is CC1CN(C)CCN1S(=O)(=O)CCNC1CC1. The molecule has 0 spiro atoms. The topological polar surface area (TPSA) is 52.7 Å². The van der Waals surface area contributed by atoms with E-state index in [9.17, 15) is 8.42 Å². The van der Waals surface area contributed by atoms with Gasteiger partial charge in [0, 0.05) is 38.3 Å². The lowest BCUT2D eigenvalue weighted by Gasteiger charge is -2.37. The van der Waals surface area contributed by atoms with Gasteiger partial charge in [-0.15, -0.1) is 0 Å². The fourth-order valence-electron chi connectivity index (χ4n) is 2.33. The maximum atomic E-state index is 12.2. The first-order chi connectivity index (χ1) is 7.99. The Kier molecular flexibility index (Phi) is 4.07. The lowest BCUT2D eigenvalue weighted by Crippen LogP contribution is -2.53. The van der Waals surface area contributed by atoms with Gasteiger partial charge in [-0.1, -0.05) is 0 Å². The number of hydrogen-bond donors (Lipinski definition) is 1. The van der Waals surface area contributed by atoms with Gasteiger partial charge < -0.3 is 10.2 Å². The summed E-state index contributed by atoms with van der Waals surface area (Å²) >= 11 is 0. The van der Waals surface area contributed by atoms with E-state index in [1.165, 1.54) is 12.8 Å². The summed E-state index contributed by atoms with van der Waals surface area (Å²) in [4.78, 5) is 2.18. The van der Waals surface area contributed by atoms with Crippen molar-refractivity contribution >= 4 is 10.0 Å². The van der Waals surface area contributed by atoms with Crippen molar-refractivity contribution in [3.63, 3.8) is 0 Å². The van der Waals surface area contributed by atoms with Crippen LogP contribution in [0.3, 0.4) is 0 Å². The number of sulfonamides is 1. The van der Waals surface area contributed by atoms with Crippen LogP contribution in [-0.2, 0) is 10.0 Å². The van der Waals surface area contributed by atoms with Gasteiger partial charge in [-0.3, -0.25) is 0 Å². The van der Waals surface area contributed by atoms with Crippen LogP contribution in [0, 0.1) is 0 Å². The summed E-state index contributed by atoms with van der Waals surface area (Å²) in [5, 5.41) is 3.26. The van der Waals surface area contributed by atoms with E-state index in [2.05, 4.69) is 10.2 Å². The van der Waals surface area contributed by atoms with E-state index >= 15 is 0 Å². The average molecular weight is 261 g/mol. The quantitative estimate of drug-likeness (QED) is 0.738. The third kappa shape index (κ3) is 3.64. The van der Waals surface area contributed by atoms with Crippen molar-refractivity contribution in [3.8, 4) is 0 Å². The molecule has 2 rings (SSSR count). The zero-order chi connectivity index (χ0) is 12.5. The highest BCUT2D eigenvalue weighted by molar-refractivity contribution is 7.89. The number of nitrogens with one attached hydrogen (secondary N) is 1. The molecule has 1 unspecified atom stereocenters. The van der Waals surface area contributed by atoms with Crippen LogP contribution in [0.4, 0.5) is 0 Å². The van der Waals surface area contributed by atoms with Crippen molar-refractivity contribution in [1.82, 2.24) is 14.5 Å². The lowest BCUT2D eigenvalue weighted by atomic mass is 10.2. The van der Waals surface area contributed by atoms with Crippen molar-refractivity contribution in [1.29, 1.82) is 0 Å². The van der Waals surface area contributed by atoms with E-state index in [0.717, 1.165) is 13.1 Å². The molecule has 0 aromatic heterocycles. The van der Waals surface area contributed by atoms with Crippen LogP contribution in [-0.4, -0.2) is 68.7 Å². The fourth-order valence-corrected chi connectivity index (χ4v) is 3.92. The molecule has 0 aromatic carbocycles. The third-order valence-corrected chi connectivity index (χ3v) is 5.47. The Morgan fingerprint density at radius 1 is 1.29 bits per heavy atom. The molecule has 5 nitrogen and oxygen atoms in total. The van der Waals surface area contributed by atoms with Crippen LogP contribution in [0.1, 0.15) is 19.8 Å². The number of rotatable bonds is 5. The number of likely N-dealkylation sites (N-methyl/N-ethyl adjacent to an activating group) is 1. The van der Waals surface area contributed by atoms with E-state index in [-0.39, 0.29) is 11.8 Å². The highest BCUT2D eigenvalue weighted by Gasteiger charge is 2.31. The molecule has 1 N–H and O–H groups in total. The molecule has 6 heteroatoms. The molecular formula is C11H23N3O2S. The molecule has 2 fully saturated rings. The minimum Gasteiger partial charge on any atom is -0.313 e. The van der Waals surface area contributed by atoms with E-state index in [0.29, 0.717) is 19.1 Å². The summed E-state index contributed by atoms with van der Waals surface area (Å²) in [6, 6.07) is 0.676. The van der Waals surface area contributed by atoms with Gasteiger partial charge in [-0.25, -0.2) is 8.42 Å². The van der Waals surface area contributed by atoms with Crippen molar-refractivity contribution < 1.29 is 8.42 Å². The van der Waals surface area contributed by atoms with Crippen LogP contribution in [0.15, 0.2) is 0 Å². The Bertz CT molecular complexity index is 354. The Hall–Kier alpha value is -0.170. The number of nitrogens with zero attached hydrogens (tertiary/aromatic N) is 2. The summed E-state index contributed by atoms with van der Waals surface area (Å²) in [5.74, 6) is 0.234. The third-order valence-electron chi connectivity index (χ3n) is 3.50. The molecule has 1 saturated heterocycles. The molecule has 1 aliphatic heterocycles. The summed E-state index contributed by atoms with van der Waals surface area (Å²) in [7, 11) is -1.04. The molecule has 0 bridgehead atoms. The smallest absolute Gasteiger partial charge is 0.215 e.